The van der Waals surface area contributed by atoms with E-state index >= 15 is 0 Å². The van der Waals surface area contributed by atoms with Crippen molar-refractivity contribution in [2.75, 3.05) is 25.0 Å². The summed E-state index contributed by atoms with van der Waals surface area (Å²) in [4.78, 5) is 13.8. The number of halogens is 3. The molecule has 0 spiro atoms. The second kappa shape index (κ2) is 7.74. The van der Waals surface area contributed by atoms with Gasteiger partial charge in [0.05, 0.1) is 0 Å². The number of rotatable bonds is 5. The number of aliphatic hydroxyl groups is 1. The molecule has 1 saturated heterocycles. The number of piperidine rings is 1. The van der Waals surface area contributed by atoms with Gasteiger partial charge in [-0.05, 0) is 36.8 Å². The van der Waals surface area contributed by atoms with E-state index in [0.29, 0.717) is 25.9 Å². The van der Waals surface area contributed by atoms with Gasteiger partial charge < -0.3 is 20.1 Å². The average Bonchev–Trinajstić information content (AvgIpc) is 2.57. The zero-order valence-electron chi connectivity index (χ0n) is 13.4. The van der Waals surface area contributed by atoms with Crippen molar-refractivity contribution in [3.05, 3.63) is 24.0 Å². The van der Waals surface area contributed by atoms with Gasteiger partial charge in [-0.1, -0.05) is 6.92 Å². The van der Waals surface area contributed by atoms with Crippen LogP contribution in [0.25, 0.3) is 0 Å². The minimum absolute atomic E-state index is 0.0930. The number of nitrogens with one attached hydrogen (secondary N) is 1. The van der Waals surface area contributed by atoms with E-state index in [9.17, 15) is 23.1 Å². The lowest BCUT2D eigenvalue weighted by atomic mass is 9.77. The third kappa shape index (κ3) is 4.31. The summed E-state index contributed by atoms with van der Waals surface area (Å²) < 4.78 is 41.8. The van der Waals surface area contributed by atoms with Crippen molar-refractivity contribution in [1.29, 1.82) is 0 Å². The molecule has 0 aromatic heterocycles. The molecule has 0 radical (unpaired) electrons. The molecule has 1 aromatic carbocycles. The van der Waals surface area contributed by atoms with E-state index in [2.05, 4.69) is 10.1 Å². The first-order valence-corrected chi connectivity index (χ1v) is 7.80. The van der Waals surface area contributed by atoms with Gasteiger partial charge in [0.25, 0.3) is 0 Å². The van der Waals surface area contributed by atoms with Crippen molar-refractivity contribution in [1.82, 2.24) is 4.90 Å². The van der Waals surface area contributed by atoms with Crippen LogP contribution in [0.4, 0.5) is 23.7 Å². The van der Waals surface area contributed by atoms with Gasteiger partial charge in [-0.25, -0.2) is 9.18 Å². The Labute approximate surface area is 138 Å². The average molecular weight is 346 g/mol. The van der Waals surface area contributed by atoms with Crippen molar-refractivity contribution in [2.45, 2.75) is 32.8 Å². The van der Waals surface area contributed by atoms with Crippen molar-refractivity contribution in [3.8, 4) is 5.75 Å². The maximum absolute atomic E-state index is 13.6. The van der Waals surface area contributed by atoms with Crippen LogP contribution in [-0.2, 0) is 0 Å². The topological polar surface area (TPSA) is 61.8 Å². The molecule has 5 nitrogen and oxygen atoms in total. The van der Waals surface area contributed by atoms with Crippen LogP contribution >= 0.6 is 0 Å². The SMILES string of the molecule is CCC1(CO)CCN(C(=O)Nc2ccc(OC(F)F)c(F)c2)CC1. The Morgan fingerprint density at radius 1 is 1.42 bits per heavy atom. The van der Waals surface area contributed by atoms with Crippen LogP contribution in [0.5, 0.6) is 5.75 Å². The van der Waals surface area contributed by atoms with Crippen LogP contribution in [0.15, 0.2) is 18.2 Å². The Bertz CT molecular complexity index is 570. The van der Waals surface area contributed by atoms with E-state index in [4.69, 9.17) is 0 Å². The van der Waals surface area contributed by atoms with Gasteiger partial charge in [-0.3, -0.25) is 0 Å². The number of carbonyl (C=O) groups is 1. The largest absolute Gasteiger partial charge is 0.432 e. The summed E-state index contributed by atoms with van der Waals surface area (Å²) in [6.45, 7) is -0.0170. The molecular weight excluding hydrogens is 325 g/mol. The normalized spacial score (nSPS) is 17.0. The number of likely N-dealkylation sites (tertiary alicyclic amines) is 1. The van der Waals surface area contributed by atoms with E-state index in [0.717, 1.165) is 18.6 Å². The molecule has 8 heteroatoms. The number of benzene rings is 1. The first-order chi connectivity index (χ1) is 11.4. The van der Waals surface area contributed by atoms with Gasteiger partial charge in [0, 0.05) is 31.5 Å². The number of hydrogen-bond acceptors (Lipinski definition) is 3. The van der Waals surface area contributed by atoms with Gasteiger partial charge in [-0.2, -0.15) is 8.78 Å². The minimum atomic E-state index is -3.11. The lowest BCUT2D eigenvalue weighted by Gasteiger charge is -2.40. The molecule has 2 amide bonds. The van der Waals surface area contributed by atoms with E-state index in [1.165, 1.54) is 6.07 Å². The first-order valence-electron chi connectivity index (χ1n) is 7.80. The van der Waals surface area contributed by atoms with Gasteiger partial charge in [-0.15, -0.1) is 0 Å². The summed E-state index contributed by atoms with van der Waals surface area (Å²) in [5.74, 6) is -1.55. The summed E-state index contributed by atoms with van der Waals surface area (Å²) in [5.41, 5.74) is 0.0190. The zero-order valence-corrected chi connectivity index (χ0v) is 13.4. The molecule has 1 fully saturated rings. The standard InChI is InChI=1S/C16H21F3N2O3/c1-2-16(10-22)5-7-21(8-6-16)15(23)20-11-3-4-13(12(17)9-11)24-14(18)19/h3-4,9,14,22H,2,5-8,10H2,1H3,(H,20,23). The number of nitrogens with zero attached hydrogens (tertiary/aromatic N) is 1. The molecule has 0 atom stereocenters. The monoisotopic (exact) mass is 346 g/mol. The molecule has 1 aromatic rings. The number of carbonyl (C=O) groups excluding carboxylic acids is 1. The highest BCUT2D eigenvalue weighted by Gasteiger charge is 2.33. The van der Waals surface area contributed by atoms with Crippen molar-refractivity contribution in [3.63, 3.8) is 0 Å². The van der Waals surface area contributed by atoms with E-state index in [-0.39, 0.29) is 23.7 Å². The molecule has 1 aliphatic rings. The molecule has 24 heavy (non-hydrogen) atoms. The van der Waals surface area contributed by atoms with Crippen molar-refractivity contribution in [2.24, 2.45) is 5.41 Å². The summed E-state index contributed by atoms with van der Waals surface area (Å²) in [7, 11) is 0. The van der Waals surface area contributed by atoms with Gasteiger partial charge in [0.2, 0.25) is 0 Å². The fourth-order valence-electron chi connectivity index (χ4n) is 2.78. The molecule has 0 bridgehead atoms. The Kier molecular flexibility index (Phi) is 5.93. The van der Waals surface area contributed by atoms with Gasteiger partial charge in [0.15, 0.2) is 11.6 Å². The van der Waals surface area contributed by atoms with E-state index in [1.807, 2.05) is 6.92 Å². The quantitative estimate of drug-likeness (QED) is 0.858. The summed E-state index contributed by atoms with van der Waals surface area (Å²) in [6, 6.07) is 2.89. The minimum Gasteiger partial charge on any atom is -0.432 e. The lowest BCUT2D eigenvalue weighted by Crippen LogP contribution is -2.46. The number of anilines is 1. The van der Waals surface area contributed by atoms with E-state index in [1.54, 1.807) is 4.90 Å². The van der Waals surface area contributed by atoms with Crippen LogP contribution in [0.2, 0.25) is 0 Å². The summed E-state index contributed by atoms with van der Waals surface area (Å²) in [5, 5.41) is 12.0. The highest BCUT2D eigenvalue weighted by Crippen LogP contribution is 2.34. The Morgan fingerprint density at radius 2 is 2.08 bits per heavy atom. The highest BCUT2D eigenvalue weighted by atomic mass is 19.3. The fourth-order valence-corrected chi connectivity index (χ4v) is 2.78. The fraction of sp³-hybridized carbons (Fsp3) is 0.562. The number of hydrogen-bond donors (Lipinski definition) is 2. The van der Waals surface area contributed by atoms with E-state index < -0.39 is 18.2 Å². The summed E-state index contributed by atoms with van der Waals surface area (Å²) >= 11 is 0. The molecule has 0 unspecified atom stereocenters. The smallest absolute Gasteiger partial charge is 0.387 e. The maximum atomic E-state index is 13.6. The molecule has 1 heterocycles. The van der Waals surface area contributed by atoms with Crippen molar-refractivity contribution < 1.29 is 27.8 Å². The predicted molar refractivity (Wildman–Crippen MR) is 82.7 cm³/mol. The number of ether oxygens (including phenoxy) is 1. The van der Waals surface area contributed by atoms with Gasteiger partial charge >= 0.3 is 12.6 Å². The molecular formula is C16H21F3N2O3. The number of aliphatic hydroxyl groups excluding tert-OH is 1. The molecule has 2 N–H and O–H groups in total. The Morgan fingerprint density at radius 3 is 2.58 bits per heavy atom. The molecule has 134 valence electrons. The summed E-state index contributed by atoms with van der Waals surface area (Å²) in [6.07, 6.45) is 2.24. The third-order valence-electron chi connectivity index (χ3n) is 4.60. The number of urea groups is 1. The molecule has 0 saturated carbocycles. The third-order valence-corrected chi connectivity index (χ3v) is 4.60. The molecule has 2 rings (SSSR count). The zero-order chi connectivity index (χ0) is 17.7. The van der Waals surface area contributed by atoms with Gasteiger partial charge in [0.1, 0.15) is 0 Å². The Hall–Kier alpha value is -1.96. The number of alkyl halides is 2. The predicted octanol–water partition coefficient (Wildman–Crippen LogP) is 3.44. The van der Waals surface area contributed by atoms with Crippen LogP contribution < -0.4 is 10.1 Å². The lowest BCUT2D eigenvalue weighted by molar-refractivity contribution is -0.0521. The second-order valence-electron chi connectivity index (χ2n) is 5.95. The second-order valence-corrected chi connectivity index (χ2v) is 5.95. The van der Waals surface area contributed by atoms with Crippen LogP contribution in [0, 0.1) is 11.2 Å². The van der Waals surface area contributed by atoms with Crippen LogP contribution in [0.1, 0.15) is 26.2 Å². The van der Waals surface area contributed by atoms with Crippen molar-refractivity contribution >= 4 is 11.7 Å². The molecule has 0 aliphatic carbocycles. The number of amides is 2. The Balaban J connectivity index is 1.94. The molecule has 1 aliphatic heterocycles. The highest BCUT2D eigenvalue weighted by molar-refractivity contribution is 5.89. The first kappa shape index (κ1) is 18.4. The van der Waals surface area contributed by atoms with Crippen LogP contribution in [0.3, 0.4) is 0 Å². The van der Waals surface area contributed by atoms with Crippen LogP contribution in [-0.4, -0.2) is 42.3 Å². The maximum Gasteiger partial charge on any atom is 0.387 e.